The molecule has 0 radical (unpaired) electrons. The number of methoxy groups -OCH3 is 1. The molecule has 0 atom stereocenters. The average Bonchev–Trinajstić information content (AvgIpc) is 2.65. The van der Waals surface area contributed by atoms with Gasteiger partial charge < -0.3 is 9.30 Å². The van der Waals surface area contributed by atoms with Crippen LogP contribution in [0.2, 0.25) is 0 Å². The van der Waals surface area contributed by atoms with Crippen LogP contribution < -0.4 is 15.9 Å². The maximum Gasteiger partial charge on any atom is 0.416 e. The molecular weight excluding hydrogens is 361 g/mol. The molecule has 8 heteroatoms. The fourth-order valence-electron chi connectivity index (χ4n) is 2.64. The SMILES string of the molecule is COc1cccc(-n2ccn(Cc3cccc(C(F)(F)F)c3)c(=O)c2=O)c1. The molecule has 1 heterocycles. The summed E-state index contributed by atoms with van der Waals surface area (Å²) in [4.78, 5) is 24.8. The lowest BCUT2D eigenvalue weighted by Gasteiger charge is -2.11. The van der Waals surface area contributed by atoms with Gasteiger partial charge in [0.25, 0.3) is 0 Å². The Labute approximate surface area is 151 Å². The van der Waals surface area contributed by atoms with Crippen LogP contribution in [0.1, 0.15) is 11.1 Å². The number of halogens is 3. The molecule has 3 aromatic rings. The minimum Gasteiger partial charge on any atom is -0.497 e. The summed E-state index contributed by atoms with van der Waals surface area (Å²) in [6.07, 6.45) is -1.72. The van der Waals surface area contributed by atoms with Gasteiger partial charge in [0.2, 0.25) is 0 Å². The molecule has 0 amide bonds. The van der Waals surface area contributed by atoms with Crippen molar-refractivity contribution in [3.8, 4) is 11.4 Å². The second kappa shape index (κ2) is 7.14. The Balaban J connectivity index is 1.97. The highest BCUT2D eigenvalue weighted by Gasteiger charge is 2.30. The van der Waals surface area contributed by atoms with Crippen molar-refractivity contribution in [2.45, 2.75) is 12.7 Å². The van der Waals surface area contributed by atoms with E-state index in [4.69, 9.17) is 4.74 Å². The molecule has 1 aromatic heterocycles. The molecule has 0 saturated heterocycles. The zero-order chi connectivity index (χ0) is 19.6. The van der Waals surface area contributed by atoms with E-state index in [2.05, 4.69) is 0 Å². The number of alkyl halides is 3. The van der Waals surface area contributed by atoms with E-state index in [0.717, 1.165) is 21.3 Å². The van der Waals surface area contributed by atoms with Crippen LogP contribution in [-0.2, 0) is 12.7 Å². The lowest BCUT2D eigenvalue weighted by molar-refractivity contribution is -0.137. The van der Waals surface area contributed by atoms with Crippen LogP contribution in [0, 0.1) is 0 Å². The maximum absolute atomic E-state index is 12.8. The van der Waals surface area contributed by atoms with E-state index in [9.17, 15) is 22.8 Å². The molecule has 0 aliphatic carbocycles. The van der Waals surface area contributed by atoms with Gasteiger partial charge >= 0.3 is 17.3 Å². The lowest BCUT2D eigenvalue weighted by atomic mass is 10.1. The van der Waals surface area contributed by atoms with Crippen LogP contribution in [0.3, 0.4) is 0 Å². The first-order valence-electron chi connectivity index (χ1n) is 7.92. The molecule has 0 spiro atoms. The van der Waals surface area contributed by atoms with E-state index in [0.29, 0.717) is 11.4 Å². The van der Waals surface area contributed by atoms with Crippen molar-refractivity contribution in [2.24, 2.45) is 0 Å². The van der Waals surface area contributed by atoms with Crippen molar-refractivity contribution in [2.75, 3.05) is 7.11 Å². The smallest absolute Gasteiger partial charge is 0.416 e. The quantitative estimate of drug-likeness (QED) is 0.658. The zero-order valence-electron chi connectivity index (χ0n) is 14.2. The summed E-state index contributed by atoms with van der Waals surface area (Å²) in [5, 5.41) is 0. The second-order valence-electron chi connectivity index (χ2n) is 5.81. The van der Waals surface area contributed by atoms with Gasteiger partial charge in [0.1, 0.15) is 5.75 Å². The molecule has 0 bridgehead atoms. The highest BCUT2D eigenvalue weighted by molar-refractivity contribution is 5.39. The number of hydrogen-bond donors (Lipinski definition) is 0. The van der Waals surface area contributed by atoms with Gasteiger partial charge in [-0.1, -0.05) is 18.2 Å². The fourth-order valence-corrected chi connectivity index (χ4v) is 2.64. The summed E-state index contributed by atoms with van der Waals surface area (Å²) < 4.78 is 45.8. The number of ether oxygens (including phenoxy) is 1. The van der Waals surface area contributed by atoms with Gasteiger partial charge in [-0.05, 0) is 29.8 Å². The van der Waals surface area contributed by atoms with Crippen molar-refractivity contribution in [3.05, 3.63) is 92.8 Å². The molecule has 0 fully saturated rings. The zero-order valence-corrected chi connectivity index (χ0v) is 14.2. The molecule has 27 heavy (non-hydrogen) atoms. The van der Waals surface area contributed by atoms with Crippen LogP contribution in [0.25, 0.3) is 5.69 Å². The molecule has 2 aromatic carbocycles. The average molecular weight is 376 g/mol. The number of rotatable bonds is 4. The standard InChI is InChI=1S/C19H15F3N2O3/c1-27-16-7-3-6-15(11-16)24-9-8-23(17(25)18(24)26)12-13-4-2-5-14(10-13)19(20,21)22/h2-11H,12H2,1H3. The summed E-state index contributed by atoms with van der Waals surface area (Å²) in [5.41, 5.74) is -1.73. The predicted octanol–water partition coefficient (Wildman–Crippen LogP) is 3.07. The van der Waals surface area contributed by atoms with Crippen LogP contribution in [0.15, 0.2) is 70.5 Å². The van der Waals surface area contributed by atoms with E-state index in [-0.39, 0.29) is 12.1 Å². The first-order chi connectivity index (χ1) is 12.8. The third kappa shape index (κ3) is 3.94. The van der Waals surface area contributed by atoms with Gasteiger partial charge in [-0.15, -0.1) is 0 Å². The topological polar surface area (TPSA) is 53.2 Å². The van der Waals surface area contributed by atoms with Gasteiger partial charge in [-0.3, -0.25) is 14.2 Å². The Morgan fingerprint density at radius 1 is 0.963 bits per heavy atom. The number of hydrogen-bond acceptors (Lipinski definition) is 3. The molecule has 0 N–H and O–H groups in total. The summed E-state index contributed by atoms with van der Waals surface area (Å²) >= 11 is 0. The Morgan fingerprint density at radius 3 is 2.41 bits per heavy atom. The van der Waals surface area contributed by atoms with Gasteiger partial charge in [-0.25, -0.2) is 0 Å². The second-order valence-corrected chi connectivity index (χ2v) is 5.81. The molecule has 0 saturated carbocycles. The van der Waals surface area contributed by atoms with Crippen molar-refractivity contribution >= 4 is 0 Å². The van der Waals surface area contributed by atoms with E-state index in [1.165, 1.54) is 31.6 Å². The third-order valence-corrected chi connectivity index (χ3v) is 4.00. The summed E-state index contributed by atoms with van der Waals surface area (Å²) in [6.45, 7) is -0.142. The fraction of sp³-hybridized carbons (Fsp3) is 0.158. The van der Waals surface area contributed by atoms with Gasteiger partial charge in [0.15, 0.2) is 0 Å². The van der Waals surface area contributed by atoms with E-state index >= 15 is 0 Å². The number of benzene rings is 2. The van der Waals surface area contributed by atoms with E-state index in [1.54, 1.807) is 24.3 Å². The largest absolute Gasteiger partial charge is 0.497 e. The van der Waals surface area contributed by atoms with Crippen LogP contribution in [0.4, 0.5) is 13.2 Å². The summed E-state index contributed by atoms with van der Waals surface area (Å²) in [6, 6.07) is 11.2. The van der Waals surface area contributed by atoms with Crippen LogP contribution in [-0.4, -0.2) is 16.2 Å². The van der Waals surface area contributed by atoms with Gasteiger partial charge in [0, 0.05) is 18.5 Å². The molecule has 140 valence electrons. The summed E-state index contributed by atoms with van der Waals surface area (Å²) in [5.74, 6) is 0.521. The lowest BCUT2D eigenvalue weighted by Crippen LogP contribution is -2.40. The predicted molar refractivity (Wildman–Crippen MR) is 93.4 cm³/mol. The Morgan fingerprint density at radius 2 is 1.70 bits per heavy atom. The molecule has 0 aliphatic rings. The molecule has 0 unspecified atom stereocenters. The number of nitrogens with zero attached hydrogens (tertiary/aromatic N) is 2. The van der Waals surface area contributed by atoms with Crippen LogP contribution >= 0.6 is 0 Å². The molecule has 5 nitrogen and oxygen atoms in total. The first-order valence-corrected chi connectivity index (χ1v) is 7.92. The van der Waals surface area contributed by atoms with Crippen LogP contribution in [0.5, 0.6) is 5.75 Å². The molecular formula is C19H15F3N2O3. The molecule has 3 rings (SSSR count). The van der Waals surface area contributed by atoms with Crippen molar-refractivity contribution < 1.29 is 17.9 Å². The Kier molecular flexibility index (Phi) is 4.89. The monoisotopic (exact) mass is 376 g/mol. The maximum atomic E-state index is 12.8. The van der Waals surface area contributed by atoms with Gasteiger partial charge in [0.05, 0.1) is 24.9 Å². The van der Waals surface area contributed by atoms with Crippen molar-refractivity contribution in [1.29, 1.82) is 0 Å². The van der Waals surface area contributed by atoms with Gasteiger partial charge in [-0.2, -0.15) is 13.2 Å². The first kappa shape index (κ1) is 18.5. The van der Waals surface area contributed by atoms with Crippen molar-refractivity contribution in [1.82, 2.24) is 9.13 Å². The van der Waals surface area contributed by atoms with E-state index in [1.807, 2.05) is 0 Å². The minimum absolute atomic E-state index is 0.142. The minimum atomic E-state index is -4.48. The highest BCUT2D eigenvalue weighted by Crippen LogP contribution is 2.29. The van der Waals surface area contributed by atoms with E-state index < -0.39 is 22.9 Å². The number of aromatic nitrogens is 2. The Hall–Kier alpha value is -3.29. The Bertz CT molecular complexity index is 1080. The summed E-state index contributed by atoms with van der Waals surface area (Å²) in [7, 11) is 1.48. The molecule has 0 aliphatic heterocycles. The van der Waals surface area contributed by atoms with Crippen molar-refractivity contribution in [3.63, 3.8) is 0 Å². The normalized spacial score (nSPS) is 11.4. The third-order valence-electron chi connectivity index (χ3n) is 4.00. The highest BCUT2D eigenvalue weighted by atomic mass is 19.4.